The van der Waals surface area contributed by atoms with Crippen molar-refractivity contribution in [2.24, 2.45) is 0 Å². The number of morpholine rings is 1. The van der Waals surface area contributed by atoms with Gasteiger partial charge in [0.15, 0.2) is 5.57 Å². The summed E-state index contributed by atoms with van der Waals surface area (Å²) in [6, 6.07) is 20.9. The molecule has 2 heterocycles. The second kappa shape index (κ2) is 10.1. The van der Waals surface area contributed by atoms with Gasteiger partial charge >= 0.3 is 0 Å². The highest BCUT2D eigenvalue weighted by Crippen LogP contribution is 2.07. The fourth-order valence-corrected chi connectivity index (χ4v) is 4.45. The number of benzene rings is 2. The molecule has 1 fully saturated rings. The van der Waals surface area contributed by atoms with Crippen LogP contribution >= 0.6 is 11.3 Å². The van der Waals surface area contributed by atoms with E-state index in [0.717, 1.165) is 16.9 Å². The first-order valence-electron chi connectivity index (χ1n) is 10.2. The van der Waals surface area contributed by atoms with Gasteiger partial charge in [0, 0.05) is 13.1 Å². The summed E-state index contributed by atoms with van der Waals surface area (Å²) >= 11 is 1.15. The van der Waals surface area contributed by atoms with E-state index in [1.165, 1.54) is 4.57 Å². The normalized spacial score (nSPS) is 15.6. The number of amides is 1. The molecule has 0 N–H and O–H groups in total. The van der Waals surface area contributed by atoms with Crippen LogP contribution in [0.2, 0.25) is 0 Å². The number of ether oxygens (including phenoxy) is 1. The molecule has 1 saturated heterocycles. The van der Waals surface area contributed by atoms with Gasteiger partial charge in [-0.05, 0) is 23.8 Å². The first kappa shape index (κ1) is 21.5. The van der Waals surface area contributed by atoms with Crippen LogP contribution in [0.5, 0.6) is 0 Å². The highest BCUT2D eigenvalue weighted by atomic mass is 32.1. The summed E-state index contributed by atoms with van der Waals surface area (Å²) < 4.78 is 7.54. The minimum absolute atomic E-state index is 0.0375. The number of hydrogen-bond acceptors (Lipinski definition) is 5. The third-order valence-electron chi connectivity index (χ3n) is 5.01. The van der Waals surface area contributed by atoms with Crippen molar-refractivity contribution in [3.8, 4) is 11.8 Å². The molecule has 0 atom stereocenters. The van der Waals surface area contributed by atoms with Crippen LogP contribution in [-0.4, -0.2) is 41.7 Å². The van der Waals surface area contributed by atoms with Crippen LogP contribution in [0.4, 0.5) is 0 Å². The maximum atomic E-state index is 13.3. The first-order chi connectivity index (χ1) is 15.7. The standard InChI is InChI=1S/C25H21N3O3S/c26-18-21(23(29)27-14-16-31-17-15-27)25-28(20-11-5-2-6-12-20)24(30)22(32-25)13-7-10-19-8-3-1-4-9-19/h1-13H,14-17H2. The predicted octanol–water partition coefficient (Wildman–Crippen LogP) is 1.93. The molecular weight excluding hydrogens is 422 g/mol. The number of nitriles is 1. The second-order valence-corrected chi connectivity index (χ2v) is 8.11. The Labute approximate surface area is 189 Å². The number of allylic oxidation sites excluding steroid dienone is 1. The Kier molecular flexibility index (Phi) is 6.75. The van der Waals surface area contributed by atoms with E-state index in [1.807, 2.05) is 54.6 Å². The van der Waals surface area contributed by atoms with Gasteiger partial charge in [0.2, 0.25) is 0 Å². The molecule has 0 bridgehead atoms. The molecule has 0 saturated carbocycles. The van der Waals surface area contributed by atoms with E-state index in [9.17, 15) is 14.9 Å². The second-order valence-electron chi connectivity index (χ2n) is 7.08. The molecule has 0 aliphatic carbocycles. The lowest BCUT2D eigenvalue weighted by Crippen LogP contribution is -2.42. The van der Waals surface area contributed by atoms with Crippen molar-refractivity contribution >= 4 is 35.0 Å². The molecule has 4 rings (SSSR count). The molecule has 0 spiro atoms. The maximum absolute atomic E-state index is 13.3. The highest BCUT2D eigenvalue weighted by Gasteiger charge is 2.23. The lowest BCUT2D eigenvalue weighted by molar-refractivity contribution is -0.128. The Morgan fingerprint density at radius 1 is 1.03 bits per heavy atom. The molecular formula is C25H21N3O3S. The van der Waals surface area contributed by atoms with E-state index in [4.69, 9.17) is 4.74 Å². The minimum Gasteiger partial charge on any atom is -0.378 e. The summed E-state index contributed by atoms with van der Waals surface area (Å²) in [4.78, 5) is 28.0. The Morgan fingerprint density at radius 3 is 2.34 bits per heavy atom. The Morgan fingerprint density at radius 2 is 1.69 bits per heavy atom. The Hall–Kier alpha value is -3.73. The molecule has 1 aromatic heterocycles. The molecule has 1 aliphatic heterocycles. The predicted molar refractivity (Wildman–Crippen MR) is 126 cm³/mol. The number of rotatable bonds is 4. The third kappa shape index (κ3) is 4.62. The summed E-state index contributed by atoms with van der Waals surface area (Å²) in [5, 5.41) is 9.88. The van der Waals surface area contributed by atoms with Crippen molar-refractivity contribution in [2.45, 2.75) is 0 Å². The summed E-state index contributed by atoms with van der Waals surface area (Å²) in [5.74, 6) is -0.381. The maximum Gasteiger partial charge on any atom is 0.273 e. The van der Waals surface area contributed by atoms with Crippen LogP contribution in [-0.2, 0) is 9.53 Å². The average Bonchev–Trinajstić information content (AvgIpc) is 3.17. The Bertz CT molecular complexity index is 1340. The quantitative estimate of drug-likeness (QED) is 0.618. The van der Waals surface area contributed by atoms with Crippen LogP contribution < -0.4 is 14.8 Å². The molecule has 160 valence electrons. The fraction of sp³-hybridized carbons (Fsp3) is 0.160. The van der Waals surface area contributed by atoms with Crippen molar-refractivity contribution < 1.29 is 9.53 Å². The van der Waals surface area contributed by atoms with Gasteiger partial charge in [-0.15, -0.1) is 11.3 Å². The molecule has 0 unspecified atom stereocenters. The van der Waals surface area contributed by atoms with E-state index < -0.39 is 0 Å². The van der Waals surface area contributed by atoms with E-state index in [-0.39, 0.29) is 17.0 Å². The fourth-order valence-electron chi connectivity index (χ4n) is 3.40. The summed E-state index contributed by atoms with van der Waals surface area (Å²) in [7, 11) is 0. The molecule has 3 aromatic rings. The molecule has 2 aromatic carbocycles. The van der Waals surface area contributed by atoms with Gasteiger partial charge < -0.3 is 9.64 Å². The van der Waals surface area contributed by atoms with Crippen LogP contribution in [0.25, 0.3) is 23.4 Å². The summed E-state index contributed by atoms with van der Waals surface area (Å²) in [6.45, 7) is 1.71. The van der Waals surface area contributed by atoms with Crippen LogP contribution in [0.15, 0.2) is 71.5 Å². The zero-order valence-corrected chi connectivity index (χ0v) is 18.1. The SMILES string of the molecule is N#CC(C(=O)N1CCOCC1)=c1sc(=CC=Cc2ccccc2)c(=O)n1-c1ccccc1. The van der Waals surface area contributed by atoms with Crippen molar-refractivity contribution in [1.82, 2.24) is 9.47 Å². The lowest BCUT2D eigenvalue weighted by Gasteiger charge is -2.26. The van der Waals surface area contributed by atoms with Gasteiger partial charge in [-0.2, -0.15) is 5.26 Å². The van der Waals surface area contributed by atoms with Crippen molar-refractivity contribution in [3.05, 3.63) is 91.9 Å². The van der Waals surface area contributed by atoms with Crippen LogP contribution in [0, 0.1) is 11.3 Å². The van der Waals surface area contributed by atoms with E-state index in [1.54, 1.807) is 29.2 Å². The number of thiazole rings is 1. The van der Waals surface area contributed by atoms with E-state index in [2.05, 4.69) is 6.07 Å². The lowest BCUT2D eigenvalue weighted by atomic mass is 10.2. The molecule has 0 radical (unpaired) electrons. The van der Waals surface area contributed by atoms with E-state index >= 15 is 0 Å². The van der Waals surface area contributed by atoms with Gasteiger partial charge in [-0.3, -0.25) is 14.2 Å². The number of aromatic nitrogens is 1. The Balaban J connectivity index is 1.88. The van der Waals surface area contributed by atoms with Crippen molar-refractivity contribution in [3.63, 3.8) is 0 Å². The molecule has 32 heavy (non-hydrogen) atoms. The monoisotopic (exact) mass is 443 g/mol. The van der Waals surface area contributed by atoms with Crippen LogP contribution in [0.3, 0.4) is 0 Å². The third-order valence-corrected chi connectivity index (χ3v) is 6.12. The minimum atomic E-state index is -0.381. The molecule has 1 amide bonds. The molecule has 7 heteroatoms. The summed E-state index contributed by atoms with van der Waals surface area (Å²) in [6.07, 6.45) is 5.42. The van der Waals surface area contributed by atoms with E-state index in [0.29, 0.717) is 41.2 Å². The van der Waals surface area contributed by atoms with Gasteiger partial charge in [-0.1, -0.05) is 60.7 Å². The van der Waals surface area contributed by atoms with Gasteiger partial charge in [-0.25, -0.2) is 0 Å². The number of nitrogens with zero attached hydrogens (tertiary/aromatic N) is 3. The van der Waals surface area contributed by atoms with Crippen LogP contribution in [0.1, 0.15) is 5.56 Å². The number of carbonyl (C=O) groups excluding carboxylic acids is 1. The average molecular weight is 444 g/mol. The zero-order valence-electron chi connectivity index (χ0n) is 17.3. The smallest absolute Gasteiger partial charge is 0.273 e. The highest BCUT2D eigenvalue weighted by molar-refractivity contribution is 7.07. The molecule has 6 nitrogen and oxygen atoms in total. The zero-order chi connectivity index (χ0) is 22.3. The number of carbonyl (C=O) groups is 1. The summed E-state index contributed by atoms with van der Waals surface area (Å²) in [5.41, 5.74) is 1.31. The van der Waals surface area contributed by atoms with Gasteiger partial charge in [0.25, 0.3) is 11.5 Å². The van der Waals surface area contributed by atoms with Crippen molar-refractivity contribution in [2.75, 3.05) is 26.3 Å². The first-order valence-corrected chi connectivity index (χ1v) is 11.0. The number of hydrogen-bond donors (Lipinski definition) is 0. The molecule has 1 aliphatic rings. The van der Waals surface area contributed by atoms with Gasteiger partial charge in [0.05, 0.1) is 23.4 Å². The number of para-hydroxylation sites is 1. The topological polar surface area (TPSA) is 75.3 Å². The van der Waals surface area contributed by atoms with Crippen molar-refractivity contribution in [1.29, 1.82) is 5.26 Å². The largest absolute Gasteiger partial charge is 0.378 e. The van der Waals surface area contributed by atoms with Gasteiger partial charge in [0.1, 0.15) is 10.7 Å².